The molecule has 4 aromatic heterocycles. The zero-order valence-corrected chi connectivity index (χ0v) is 45.8. The third-order valence-electron chi connectivity index (χ3n) is 9.23. The first-order valence-electron chi connectivity index (χ1n) is 22.0. The summed E-state index contributed by atoms with van der Waals surface area (Å²) in [4.78, 5) is 44.8. The van der Waals surface area contributed by atoms with E-state index in [1.54, 1.807) is 21.5 Å². The molecule has 0 bridgehead atoms. The van der Waals surface area contributed by atoms with E-state index in [4.69, 9.17) is 20.4 Å². The molecule has 0 aromatic carbocycles. The Labute approximate surface area is 477 Å². The standard InChI is InChI=1S/C16H36N.4C8H5F3O2S.Eu/c1-5-9-13-17(14-10-6-2,15-11-7-3)16-12-8-4;4*9-8(10,11)7(13)4-5(12)6-2-1-3-14-6;/h5-16H2,1-4H3;4*1-4,13H;/q+1;;;;;/b;4*7-4-;. The third-order valence-corrected chi connectivity index (χ3v) is 12.8. The van der Waals surface area contributed by atoms with Gasteiger partial charge in [-0.15, -0.1) is 45.3 Å². The molecule has 0 amide bonds. The SMILES string of the molecule is CCCC[N+](CCCC)(CCCC)CCCC.O=C(/C=C(\O)C(F)(F)F)c1cccs1.O=C(/C=C(\O)C(F)(F)F)c1cccs1.O=C(/C=C(\O)C(F)(F)F)c1cccs1.O=C(/C=C(\O)C(F)(F)F)c1cccs1.[Eu]. The number of hydrogen-bond acceptors (Lipinski definition) is 12. The Morgan fingerprint density at radius 2 is 0.581 bits per heavy atom. The van der Waals surface area contributed by atoms with E-state index in [1.165, 1.54) is 131 Å². The minimum Gasteiger partial charge on any atom is -0.504 e. The molecule has 74 heavy (non-hydrogen) atoms. The summed E-state index contributed by atoms with van der Waals surface area (Å²) in [6, 6.07) is 11.7. The van der Waals surface area contributed by atoms with Crippen LogP contribution in [0.15, 0.2) is 117 Å². The van der Waals surface area contributed by atoms with Gasteiger partial charge in [-0.3, -0.25) is 19.2 Å². The number of carbonyl (C=O) groups excluding carboxylic acids is 4. The van der Waals surface area contributed by atoms with Crippen molar-refractivity contribution in [3.8, 4) is 0 Å². The predicted octanol–water partition coefficient (Wildman–Crippen LogP) is 16.7. The molecule has 0 unspecified atom stereocenters. The van der Waals surface area contributed by atoms with Crippen LogP contribution >= 0.6 is 45.3 Å². The normalized spacial score (nSPS) is 12.5. The average molecular weight is 1280 g/mol. The van der Waals surface area contributed by atoms with Crippen LogP contribution in [0.2, 0.25) is 0 Å². The van der Waals surface area contributed by atoms with Crippen molar-refractivity contribution in [2.45, 2.75) is 104 Å². The largest absolute Gasteiger partial charge is 0.504 e. The number of unbranched alkanes of at least 4 members (excludes halogenated alkanes) is 4. The molecule has 0 fully saturated rings. The Kier molecular flexibility index (Phi) is 35.6. The van der Waals surface area contributed by atoms with Crippen molar-refractivity contribution in [2.24, 2.45) is 0 Å². The number of carbonyl (C=O) groups is 4. The second-order valence-corrected chi connectivity index (χ2v) is 18.9. The van der Waals surface area contributed by atoms with Crippen molar-refractivity contribution in [3.05, 3.63) is 137 Å². The minimum absolute atomic E-state index is 0. The number of ketones is 4. The van der Waals surface area contributed by atoms with Crippen LogP contribution in [0.3, 0.4) is 0 Å². The number of rotatable bonds is 20. The Morgan fingerprint density at radius 3 is 0.703 bits per heavy atom. The fourth-order valence-corrected chi connectivity index (χ4v) is 7.97. The zero-order chi connectivity index (χ0) is 56.1. The minimum atomic E-state index is -4.87. The van der Waals surface area contributed by atoms with Crippen LogP contribution in [-0.2, 0) is 0 Å². The van der Waals surface area contributed by atoms with Crippen LogP contribution in [0, 0.1) is 49.4 Å². The number of nitrogens with zero attached hydrogens (tertiary/aromatic N) is 1. The van der Waals surface area contributed by atoms with Crippen molar-refractivity contribution in [2.75, 3.05) is 26.2 Å². The van der Waals surface area contributed by atoms with E-state index in [2.05, 4.69) is 27.7 Å². The van der Waals surface area contributed by atoms with Gasteiger partial charge in [0.1, 0.15) is 0 Å². The van der Waals surface area contributed by atoms with Gasteiger partial charge >= 0.3 is 24.7 Å². The zero-order valence-electron chi connectivity index (χ0n) is 40.1. The molecule has 0 atom stereocenters. The number of alkyl halides is 12. The number of allylic oxidation sites excluding steroid dienone is 8. The fourth-order valence-electron chi connectivity index (χ4n) is 5.43. The summed E-state index contributed by atoms with van der Waals surface area (Å²) in [6.07, 6.45) is -7.72. The molecule has 4 heterocycles. The molecule has 4 N–H and O–H groups in total. The molecule has 0 aliphatic rings. The summed E-state index contributed by atoms with van der Waals surface area (Å²) in [5.74, 6) is -10.9. The van der Waals surface area contributed by atoms with Gasteiger partial charge in [0.15, 0.2) is 23.1 Å². The van der Waals surface area contributed by atoms with Crippen molar-refractivity contribution in [1.82, 2.24) is 0 Å². The molecule has 0 saturated carbocycles. The molecule has 415 valence electrons. The van der Waals surface area contributed by atoms with Gasteiger partial charge in [0.2, 0.25) is 23.0 Å². The summed E-state index contributed by atoms with van der Waals surface area (Å²) < 4.78 is 143. The van der Waals surface area contributed by atoms with Crippen molar-refractivity contribution in [1.29, 1.82) is 0 Å². The molecule has 4 rings (SSSR count). The Morgan fingerprint density at radius 1 is 0.405 bits per heavy atom. The van der Waals surface area contributed by atoms with Gasteiger partial charge in [0, 0.05) is 73.7 Å². The van der Waals surface area contributed by atoms with Crippen LogP contribution in [0.4, 0.5) is 52.7 Å². The van der Waals surface area contributed by atoms with Gasteiger partial charge in [-0.05, 0) is 71.5 Å². The van der Waals surface area contributed by atoms with E-state index in [0.29, 0.717) is 0 Å². The van der Waals surface area contributed by atoms with Crippen LogP contribution in [0.25, 0.3) is 0 Å². The quantitative estimate of drug-likeness (QED) is 0.0225. The maximum atomic E-state index is 11.8. The number of halogens is 12. The maximum Gasteiger partial charge on any atom is 0.448 e. The first kappa shape index (κ1) is 72.4. The molecule has 0 saturated heterocycles. The van der Waals surface area contributed by atoms with Crippen LogP contribution < -0.4 is 0 Å². The second-order valence-electron chi connectivity index (χ2n) is 15.1. The number of aliphatic hydroxyl groups is 4. The molecule has 0 spiro atoms. The molecule has 9 nitrogen and oxygen atoms in total. The smallest absolute Gasteiger partial charge is 0.448 e. The first-order chi connectivity index (χ1) is 33.9. The van der Waals surface area contributed by atoms with E-state index in [0.717, 1.165) is 45.3 Å². The summed E-state index contributed by atoms with van der Waals surface area (Å²) in [6.45, 7) is 15.0. The maximum absolute atomic E-state index is 11.8. The summed E-state index contributed by atoms with van der Waals surface area (Å²) in [5.41, 5.74) is 0. The van der Waals surface area contributed by atoms with Gasteiger partial charge in [0.25, 0.3) is 0 Å². The van der Waals surface area contributed by atoms with Crippen molar-refractivity contribution >= 4 is 68.5 Å². The van der Waals surface area contributed by atoms with E-state index in [-0.39, 0.29) is 93.2 Å². The number of thiophene rings is 4. The molecule has 0 aliphatic carbocycles. The molecule has 1 radical (unpaired) electrons. The van der Waals surface area contributed by atoms with Gasteiger partial charge < -0.3 is 24.9 Å². The van der Waals surface area contributed by atoms with E-state index in [9.17, 15) is 71.9 Å². The van der Waals surface area contributed by atoms with Crippen LogP contribution in [0.5, 0.6) is 0 Å². The van der Waals surface area contributed by atoms with Crippen molar-refractivity contribution in [3.63, 3.8) is 0 Å². The van der Waals surface area contributed by atoms with Crippen LogP contribution in [0.1, 0.15) is 118 Å². The summed E-state index contributed by atoms with van der Waals surface area (Å²) in [7, 11) is 0. The topological polar surface area (TPSA) is 149 Å². The molecule has 26 heteroatoms. The molecular weight excluding hydrogens is 1230 g/mol. The van der Waals surface area contributed by atoms with E-state index in [1.807, 2.05) is 0 Å². The monoisotopic (exact) mass is 1280 g/mol. The molecule has 4 aromatic rings. The number of hydrogen-bond donors (Lipinski definition) is 4. The Balaban J connectivity index is 0. The van der Waals surface area contributed by atoms with E-state index >= 15 is 0 Å². The van der Waals surface area contributed by atoms with Gasteiger partial charge in [-0.1, -0.05) is 77.6 Å². The summed E-state index contributed by atoms with van der Waals surface area (Å²) in [5, 5.41) is 40.1. The Bertz CT molecular complexity index is 1990. The van der Waals surface area contributed by atoms with Crippen molar-refractivity contribution < 1.29 is 146 Å². The predicted molar refractivity (Wildman–Crippen MR) is 261 cm³/mol. The second kappa shape index (κ2) is 36.4. The van der Waals surface area contributed by atoms with Gasteiger partial charge in [-0.2, -0.15) is 52.7 Å². The Hall–Kier alpha value is -3.66. The van der Waals surface area contributed by atoms with E-state index < -0.39 is 70.9 Å². The fraction of sp³-hybridized carbons (Fsp3) is 0.417. The summed E-state index contributed by atoms with van der Waals surface area (Å²) >= 11 is 4.04. The third kappa shape index (κ3) is 30.8. The first-order valence-corrected chi connectivity index (χ1v) is 25.5. The molecular formula is C48H56EuF12NO8S4+. The van der Waals surface area contributed by atoms with Gasteiger partial charge in [0.05, 0.1) is 45.7 Å². The number of quaternary nitrogens is 1. The van der Waals surface area contributed by atoms with Gasteiger partial charge in [-0.25, -0.2) is 0 Å². The average Bonchev–Trinajstić information content (AvgIpc) is 4.17. The molecule has 0 aliphatic heterocycles. The number of aliphatic hydroxyl groups excluding tert-OH is 4. The van der Waals surface area contributed by atoms with Crippen LogP contribution in [-0.4, -0.2) is 98.9 Å².